The number of aryl methyl sites for hydroxylation is 1. The van der Waals surface area contributed by atoms with E-state index in [4.69, 9.17) is 5.73 Å². The number of halogens is 2. The zero-order chi connectivity index (χ0) is 11.4. The van der Waals surface area contributed by atoms with Gasteiger partial charge in [0, 0.05) is 37.5 Å². The molecule has 0 saturated carbocycles. The Hall–Kier alpha value is -0.420. The van der Waals surface area contributed by atoms with E-state index in [1.54, 1.807) is 0 Å². The van der Waals surface area contributed by atoms with Gasteiger partial charge in [-0.2, -0.15) is 0 Å². The smallest absolute Gasteiger partial charge is 0.127 e. The third-order valence-electron chi connectivity index (χ3n) is 3.18. The Morgan fingerprint density at radius 1 is 1.33 bits per heavy atom. The van der Waals surface area contributed by atoms with Gasteiger partial charge in [0.1, 0.15) is 5.82 Å². The summed E-state index contributed by atoms with van der Waals surface area (Å²) in [6.07, 6.45) is 6.02. The topological polar surface area (TPSA) is 55.0 Å². The monoisotopic (exact) mass is 292 g/mol. The fourth-order valence-corrected chi connectivity index (χ4v) is 2.15. The highest BCUT2D eigenvalue weighted by molar-refractivity contribution is 5.85. The lowest BCUT2D eigenvalue weighted by Gasteiger charge is -2.15. The third-order valence-corrected chi connectivity index (χ3v) is 3.18. The molecule has 0 radical (unpaired) electrons. The number of nitrogens with zero attached hydrogens (tertiary/aromatic N) is 3. The van der Waals surface area contributed by atoms with Crippen LogP contribution in [-0.4, -0.2) is 34.5 Å². The predicted molar refractivity (Wildman–Crippen MR) is 78.3 cm³/mol. The van der Waals surface area contributed by atoms with Crippen molar-refractivity contribution in [3.05, 3.63) is 23.8 Å². The highest BCUT2D eigenvalue weighted by Gasteiger charge is 2.20. The lowest BCUT2D eigenvalue weighted by molar-refractivity contribution is 0.317. The fraction of sp³-hybridized carbons (Fsp3) is 0.667. The second kappa shape index (κ2) is 8.64. The molecule has 1 saturated heterocycles. The first-order valence-corrected chi connectivity index (χ1v) is 6.04. The van der Waals surface area contributed by atoms with Crippen LogP contribution in [0.5, 0.6) is 0 Å². The van der Waals surface area contributed by atoms with E-state index in [9.17, 15) is 0 Å². The summed E-state index contributed by atoms with van der Waals surface area (Å²) in [5.41, 5.74) is 6.88. The van der Waals surface area contributed by atoms with Gasteiger partial charge in [0.25, 0.3) is 0 Å². The largest absolute Gasteiger partial charge is 0.330 e. The lowest BCUT2D eigenvalue weighted by atomic mass is 10.1. The van der Waals surface area contributed by atoms with Gasteiger partial charge >= 0.3 is 0 Å². The van der Waals surface area contributed by atoms with Crippen molar-refractivity contribution in [1.29, 1.82) is 0 Å². The number of hydrogen-bond acceptors (Lipinski definition) is 4. The van der Waals surface area contributed by atoms with Crippen LogP contribution >= 0.6 is 24.8 Å². The molecule has 1 atom stereocenters. The van der Waals surface area contributed by atoms with E-state index in [1.807, 2.05) is 12.4 Å². The minimum atomic E-state index is 0. The molecular weight excluding hydrogens is 271 g/mol. The average Bonchev–Trinajstić information content (AvgIpc) is 2.78. The van der Waals surface area contributed by atoms with Crippen LogP contribution in [0.25, 0.3) is 0 Å². The standard InChI is InChI=1S/C12H20N4.2ClH/c1-2-12-14-6-11(7-15-12)9-16-4-3-10(5-13)8-16;;/h6-7,10H,2-5,8-9,13H2,1H3;2*1H. The molecule has 0 spiro atoms. The molecule has 1 aromatic heterocycles. The van der Waals surface area contributed by atoms with Crippen molar-refractivity contribution in [2.24, 2.45) is 11.7 Å². The maximum absolute atomic E-state index is 5.68. The van der Waals surface area contributed by atoms with Crippen LogP contribution in [0.2, 0.25) is 0 Å². The minimum absolute atomic E-state index is 0. The fourth-order valence-electron chi connectivity index (χ4n) is 2.15. The molecule has 104 valence electrons. The summed E-state index contributed by atoms with van der Waals surface area (Å²) in [6, 6.07) is 0. The molecule has 4 nitrogen and oxygen atoms in total. The third kappa shape index (κ3) is 4.69. The van der Waals surface area contributed by atoms with Crippen LogP contribution in [0.15, 0.2) is 12.4 Å². The Morgan fingerprint density at radius 3 is 2.50 bits per heavy atom. The van der Waals surface area contributed by atoms with Crippen molar-refractivity contribution < 1.29 is 0 Å². The summed E-state index contributed by atoms with van der Waals surface area (Å²) in [6.45, 7) is 6.10. The Morgan fingerprint density at radius 2 is 2.00 bits per heavy atom. The Bertz CT molecular complexity index is 331. The second-order valence-electron chi connectivity index (χ2n) is 4.49. The number of rotatable bonds is 4. The SMILES string of the molecule is CCc1ncc(CN2CCC(CN)C2)cn1.Cl.Cl. The molecule has 6 heteroatoms. The molecule has 2 rings (SSSR count). The molecule has 2 heterocycles. The van der Waals surface area contributed by atoms with Gasteiger partial charge in [-0.15, -0.1) is 24.8 Å². The van der Waals surface area contributed by atoms with Gasteiger partial charge in [0.2, 0.25) is 0 Å². The molecule has 18 heavy (non-hydrogen) atoms. The van der Waals surface area contributed by atoms with E-state index in [2.05, 4.69) is 21.8 Å². The van der Waals surface area contributed by atoms with Crippen LogP contribution in [0.4, 0.5) is 0 Å². The van der Waals surface area contributed by atoms with Crippen LogP contribution in [-0.2, 0) is 13.0 Å². The summed E-state index contributed by atoms with van der Waals surface area (Å²) in [7, 11) is 0. The molecule has 1 aliphatic rings. The van der Waals surface area contributed by atoms with Crippen molar-refractivity contribution in [1.82, 2.24) is 14.9 Å². The Kier molecular flexibility index (Phi) is 8.44. The highest BCUT2D eigenvalue weighted by Crippen LogP contribution is 2.16. The molecule has 1 aliphatic heterocycles. The van der Waals surface area contributed by atoms with Crippen molar-refractivity contribution in [2.45, 2.75) is 26.3 Å². The maximum Gasteiger partial charge on any atom is 0.127 e. The van der Waals surface area contributed by atoms with E-state index < -0.39 is 0 Å². The van der Waals surface area contributed by atoms with Gasteiger partial charge in [-0.1, -0.05) is 6.92 Å². The van der Waals surface area contributed by atoms with Gasteiger partial charge in [0.15, 0.2) is 0 Å². The summed E-state index contributed by atoms with van der Waals surface area (Å²) in [4.78, 5) is 11.1. The van der Waals surface area contributed by atoms with Gasteiger partial charge < -0.3 is 5.73 Å². The zero-order valence-corrected chi connectivity index (χ0v) is 12.3. The second-order valence-corrected chi connectivity index (χ2v) is 4.49. The van der Waals surface area contributed by atoms with Crippen LogP contribution < -0.4 is 5.73 Å². The highest BCUT2D eigenvalue weighted by atomic mass is 35.5. The first-order chi connectivity index (χ1) is 7.81. The average molecular weight is 293 g/mol. The van der Waals surface area contributed by atoms with Gasteiger partial charge in [0.05, 0.1) is 0 Å². The molecule has 0 bridgehead atoms. The molecule has 1 aromatic rings. The van der Waals surface area contributed by atoms with E-state index in [0.717, 1.165) is 38.4 Å². The first-order valence-electron chi connectivity index (χ1n) is 6.04. The molecule has 1 fully saturated rings. The van der Waals surface area contributed by atoms with Crippen LogP contribution in [0.1, 0.15) is 24.7 Å². The van der Waals surface area contributed by atoms with E-state index in [0.29, 0.717) is 5.92 Å². The summed E-state index contributed by atoms with van der Waals surface area (Å²) >= 11 is 0. The predicted octanol–water partition coefficient (Wildman–Crippen LogP) is 1.66. The molecule has 0 aromatic carbocycles. The van der Waals surface area contributed by atoms with E-state index in [-0.39, 0.29) is 24.8 Å². The molecule has 2 N–H and O–H groups in total. The minimum Gasteiger partial charge on any atom is -0.330 e. The normalized spacial score (nSPS) is 19.1. The first kappa shape index (κ1) is 17.6. The number of aromatic nitrogens is 2. The van der Waals surface area contributed by atoms with Crippen molar-refractivity contribution in [3.8, 4) is 0 Å². The number of nitrogens with two attached hydrogens (primary N) is 1. The van der Waals surface area contributed by atoms with Gasteiger partial charge in [-0.05, 0) is 25.4 Å². The van der Waals surface area contributed by atoms with Crippen LogP contribution in [0.3, 0.4) is 0 Å². The van der Waals surface area contributed by atoms with Crippen molar-refractivity contribution in [2.75, 3.05) is 19.6 Å². The lowest BCUT2D eigenvalue weighted by Crippen LogP contribution is -2.23. The summed E-state index contributed by atoms with van der Waals surface area (Å²) in [5.74, 6) is 1.60. The molecule has 0 amide bonds. The Balaban J connectivity index is 0.00000144. The molecular formula is C12H22Cl2N4. The van der Waals surface area contributed by atoms with Crippen molar-refractivity contribution in [3.63, 3.8) is 0 Å². The Labute approximate surface area is 121 Å². The molecule has 0 aliphatic carbocycles. The van der Waals surface area contributed by atoms with Gasteiger partial charge in [-0.3, -0.25) is 4.90 Å². The van der Waals surface area contributed by atoms with Crippen molar-refractivity contribution >= 4 is 24.8 Å². The van der Waals surface area contributed by atoms with E-state index in [1.165, 1.54) is 12.0 Å². The van der Waals surface area contributed by atoms with Gasteiger partial charge in [-0.25, -0.2) is 9.97 Å². The van der Waals surface area contributed by atoms with Crippen LogP contribution in [0, 0.1) is 5.92 Å². The number of likely N-dealkylation sites (tertiary alicyclic amines) is 1. The molecule has 1 unspecified atom stereocenters. The summed E-state index contributed by atoms with van der Waals surface area (Å²) < 4.78 is 0. The quantitative estimate of drug-likeness (QED) is 0.917. The zero-order valence-electron chi connectivity index (χ0n) is 10.7. The maximum atomic E-state index is 5.68. The summed E-state index contributed by atoms with van der Waals surface area (Å²) in [5, 5.41) is 0. The van der Waals surface area contributed by atoms with E-state index >= 15 is 0 Å². The number of hydrogen-bond donors (Lipinski definition) is 1.